The van der Waals surface area contributed by atoms with E-state index in [0.717, 1.165) is 6.07 Å². The SMILES string of the molecule is COc1cc(C(=O)O)ccc1NC(=O)[C@@H]1N[C@@H](CC(C)(C)C)[C@](CNC(C)=O)(c2ccc(Cl)cc2F)[C@H]1c1cccc(Cl)c1F. The van der Waals surface area contributed by atoms with Gasteiger partial charge in [-0.2, -0.15) is 0 Å². The van der Waals surface area contributed by atoms with Crippen molar-refractivity contribution >= 4 is 46.7 Å². The largest absolute Gasteiger partial charge is 0.495 e. The lowest BCUT2D eigenvalue weighted by Crippen LogP contribution is -2.52. The summed E-state index contributed by atoms with van der Waals surface area (Å²) in [4.78, 5) is 38.2. The molecule has 0 saturated carbocycles. The lowest BCUT2D eigenvalue weighted by atomic mass is 9.61. The highest BCUT2D eigenvalue weighted by atomic mass is 35.5. The van der Waals surface area contributed by atoms with Crippen LogP contribution in [-0.4, -0.2) is 48.6 Å². The smallest absolute Gasteiger partial charge is 0.335 e. The summed E-state index contributed by atoms with van der Waals surface area (Å²) in [6.45, 7) is 7.10. The standard InChI is InChI=1S/C33H35Cl2F2N3O5/c1-17(41)38-16-33(21-11-10-19(34)14-23(21)36)26(15-32(2,3)4)40-29(27(33)20-7-6-8-22(35)28(20)37)30(42)39-24-12-9-18(31(43)44)13-25(24)45-5/h6-14,26-27,29,40H,15-16H2,1-5H3,(H,38,41)(H,39,42)(H,43,44)/t26-,27-,29+,33-/m0/s1. The van der Waals surface area contributed by atoms with Crippen molar-refractivity contribution in [2.75, 3.05) is 19.0 Å². The second-order valence-electron chi connectivity index (χ2n) is 12.4. The molecule has 4 N–H and O–H groups in total. The van der Waals surface area contributed by atoms with Crippen molar-refractivity contribution in [3.05, 3.63) is 93.0 Å². The molecule has 240 valence electrons. The third-order valence-electron chi connectivity index (χ3n) is 8.08. The van der Waals surface area contributed by atoms with Crippen LogP contribution < -0.4 is 20.7 Å². The van der Waals surface area contributed by atoms with Gasteiger partial charge in [0.15, 0.2) is 0 Å². The van der Waals surface area contributed by atoms with Gasteiger partial charge in [-0.15, -0.1) is 0 Å². The molecule has 3 aromatic rings. The summed E-state index contributed by atoms with van der Waals surface area (Å²) in [7, 11) is 1.33. The number of methoxy groups -OCH3 is 1. The number of carboxylic acids is 1. The van der Waals surface area contributed by atoms with Crippen LogP contribution in [0, 0.1) is 17.0 Å². The minimum atomic E-state index is -1.43. The van der Waals surface area contributed by atoms with Crippen LogP contribution in [0.5, 0.6) is 5.75 Å². The van der Waals surface area contributed by atoms with Crippen LogP contribution in [0.25, 0.3) is 0 Å². The first-order valence-electron chi connectivity index (χ1n) is 14.2. The van der Waals surface area contributed by atoms with Crippen molar-refractivity contribution in [3.8, 4) is 5.75 Å². The van der Waals surface area contributed by atoms with E-state index < -0.39 is 52.8 Å². The Kier molecular flexibility index (Phi) is 10.1. The Bertz CT molecular complexity index is 1630. The molecule has 3 aromatic carbocycles. The number of hydrogen-bond donors (Lipinski definition) is 4. The molecular weight excluding hydrogens is 627 g/mol. The zero-order chi connectivity index (χ0) is 33.3. The monoisotopic (exact) mass is 661 g/mol. The summed E-state index contributed by atoms with van der Waals surface area (Å²) in [5.74, 6) is -4.71. The van der Waals surface area contributed by atoms with Crippen molar-refractivity contribution in [2.24, 2.45) is 5.41 Å². The number of halogens is 4. The Morgan fingerprint density at radius 3 is 2.38 bits per heavy atom. The number of nitrogens with one attached hydrogen (secondary N) is 3. The highest BCUT2D eigenvalue weighted by molar-refractivity contribution is 6.31. The van der Waals surface area contributed by atoms with E-state index in [4.69, 9.17) is 27.9 Å². The topological polar surface area (TPSA) is 117 Å². The fourth-order valence-electron chi connectivity index (χ4n) is 6.23. The molecule has 0 unspecified atom stereocenters. The van der Waals surface area contributed by atoms with E-state index in [9.17, 15) is 19.5 Å². The van der Waals surface area contributed by atoms with E-state index in [1.165, 1.54) is 56.5 Å². The first-order chi connectivity index (χ1) is 21.1. The van der Waals surface area contributed by atoms with E-state index >= 15 is 8.78 Å². The van der Waals surface area contributed by atoms with Crippen molar-refractivity contribution in [2.45, 2.75) is 57.5 Å². The Morgan fingerprint density at radius 1 is 1.07 bits per heavy atom. The molecule has 1 aliphatic heterocycles. The molecule has 0 radical (unpaired) electrons. The van der Waals surface area contributed by atoms with Gasteiger partial charge in [-0.1, -0.05) is 62.2 Å². The summed E-state index contributed by atoms with van der Waals surface area (Å²) in [5.41, 5.74) is -1.52. The summed E-state index contributed by atoms with van der Waals surface area (Å²) >= 11 is 12.4. The molecule has 1 fully saturated rings. The Labute approximate surface area is 270 Å². The van der Waals surface area contributed by atoms with E-state index in [0.29, 0.717) is 6.42 Å². The van der Waals surface area contributed by atoms with Crippen LogP contribution in [0.3, 0.4) is 0 Å². The van der Waals surface area contributed by atoms with Gasteiger partial charge >= 0.3 is 5.97 Å². The molecule has 0 bridgehead atoms. The van der Waals surface area contributed by atoms with Crippen LogP contribution in [0.2, 0.25) is 10.0 Å². The number of amides is 2. The molecule has 45 heavy (non-hydrogen) atoms. The third-order valence-corrected chi connectivity index (χ3v) is 8.60. The lowest BCUT2D eigenvalue weighted by molar-refractivity contribution is -0.119. The number of rotatable bonds is 9. The zero-order valence-corrected chi connectivity index (χ0v) is 26.9. The van der Waals surface area contributed by atoms with E-state index in [-0.39, 0.29) is 50.1 Å². The summed E-state index contributed by atoms with van der Waals surface area (Å²) in [6, 6.07) is 10.6. The molecule has 1 aliphatic rings. The molecule has 0 aromatic heterocycles. The molecule has 1 saturated heterocycles. The number of hydrogen-bond acceptors (Lipinski definition) is 5. The van der Waals surface area contributed by atoms with Crippen LogP contribution in [0.4, 0.5) is 14.5 Å². The maximum atomic E-state index is 16.1. The fourth-order valence-corrected chi connectivity index (χ4v) is 6.57. The van der Waals surface area contributed by atoms with Gasteiger partial charge in [0.1, 0.15) is 17.4 Å². The number of anilines is 1. The number of carboxylic acid groups (broad SMARTS) is 1. The molecule has 12 heteroatoms. The highest BCUT2D eigenvalue weighted by Gasteiger charge is 2.60. The van der Waals surface area contributed by atoms with Gasteiger partial charge in [0.2, 0.25) is 11.8 Å². The van der Waals surface area contributed by atoms with E-state index in [1.54, 1.807) is 6.07 Å². The van der Waals surface area contributed by atoms with Crippen LogP contribution in [0.15, 0.2) is 54.6 Å². The van der Waals surface area contributed by atoms with Crippen molar-refractivity contribution in [1.82, 2.24) is 10.6 Å². The quantitative estimate of drug-likeness (QED) is 0.207. The lowest BCUT2D eigenvalue weighted by Gasteiger charge is -2.43. The molecule has 4 rings (SSSR count). The van der Waals surface area contributed by atoms with E-state index in [1.807, 2.05) is 20.8 Å². The van der Waals surface area contributed by atoms with Crippen LogP contribution >= 0.6 is 23.2 Å². The van der Waals surface area contributed by atoms with Gasteiger partial charge in [0.25, 0.3) is 0 Å². The predicted molar refractivity (Wildman–Crippen MR) is 169 cm³/mol. The van der Waals surface area contributed by atoms with Gasteiger partial charge in [-0.3, -0.25) is 9.59 Å². The second-order valence-corrected chi connectivity index (χ2v) is 13.2. The second kappa shape index (κ2) is 13.3. The first kappa shape index (κ1) is 34.1. The summed E-state index contributed by atoms with van der Waals surface area (Å²) in [5, 5.41) is 18.3. The number of carbonyl (C=O) groups excluding carboxylic acids is 2. The Morgan fingerprint density at radius 2 is 1.78 bits per heavy atom. The predicted octanol–water partition coefficient (Wildman–Crippen LogP) is 6.55. The number of aromatic carboxylic acids is 1. The van der Waals surface area contributed by atoms with Gasteiger partial charge in [-0.25, -0.2) is 13.6 Å². The highest BCUT2D eigenvalue weighted by Crippen LogP contribution is 2.53. The zero-order valence-electron chi connectivity index (χ0n) is 25.4. The molecule has 0 spiro atoms. The van der Waals surface area contributed by atoms with E-state index in [2.05, 4.69) is 16.0 Å². The Hall–Kier alpha value is -3.73. The van der Waals surface area contributed by atoms with Gasteiger partial charge in [0, 0.05) is 35.9 Å². The van der Waals surface area contributed by atoms with Crippen molar-refractivity contribution in [3.63, 3.8) is 0 Å². The maximum absolute atomic E-state index is 16.1. The van der Waals surface area contributed by atoms with Gasteiger partial charge < -0.3 is 25.8 Å². The first-order valence-corrected chi connectivity index (χ1v) is 15.0. The number of benzene rings is 3. The molecule has 0 aliphatic carbocycles. The van der Waals surface area contributed by atoms with Crippen molar-refractivity contribution in [1.29, 1.82) is 0 Å². The average molecular weight is 663 g/mol. The molecule has 4 atom stereocenters. The van der Waals surface area contributed by atoms with Gasteiger partial charge in [0.05, 0.1) is 29.4 Å². The normalized spacial score (nSPS) is 21.3. The molecule has 1 heterocycles. The van der Waals surface area contributed by atoms with Crippen LogP contribution in [0.1, 0.15) is 61.5 Å². The van der Waals surface area contributed by atoms with Crippen molar-refractivity contribution < 1.29 is 33.0 Å². The number of ether oxygens (including phenoxy) is 1. The molecule has 2 amide bonds. The molecular formula is C33H35Cl2F2N3O5. The minimum absolute atomic E-state index is 0.0412. The fraction of sp³-hybridized carbons (Fsp3) is 0.364. The van der Waals surface area contributed by atoms with Gasteiger partial charge in [-0.05, 0) is 59.4 Å². The number of carbonyl (C=O) groups is 3. The summed E-state index contributed by atoms with van der Waals surface area (Å²) < 4.78 is 37.5. The third kappa shape index (κ3) is 7.08. The minimum Gasteiger partial charge on any atom is -0.495 e. The maximum Gasteiger partial charge on any atom is 0.335 e. The summed E-state index contributed by atoms with van der Waals surface area (Å²) in [6.07, 6.45) is 0.383. The average Bonchev–Trinajstić information content (AvgIpc) is 3.26. The van der Waals surface area contributed by atoms with Crippen LogP contribution in [-0.2, 0) is 15.0 Å². The molecule has 8 nitrogen and oxygen atoms in total. The Balaban J connectivity index is 1.99.